The zero-order valence-electron chi connectivity index (χ0n) is 12.3. The first-order valence-corrected chi connectivity index (χ1v) is 7.18. The van der Waals surface area contributed by atoms with Crippen molar-refractivity contribution in [1.82, 2.24) is 19.7 Å². The molecule has 5 nitrogen and oxygen atoms in total. The van der Waals surface area contributed by atoms with Crippen LogP contribution in [0.4, 0.5) is 0 Å². The second-order valence-corrected chi connectivity index (χ2v) is 5.65. The zero-order chi connectivity index (χ0) is 14.3. The normalized spacial score (nSPS) is 19.6. The summed E-state index contributed by atoms with van der Waals surface area (Å²) in [5, 5.41) is 5.31. The van der Waals surface area contributed by atoms with Gasteiger partial charge in [0.25, 0.3) is 5.91 Å². The number of aromatic nitrogens is 3. The Morgan fingerprint density at radius 2 is 2.20 bits per heavy atom. The molecule has 1 unspecified atom stereocenters. The largest absolute Gasteiger partial charge is 0.336 e. The van der Waals surface area contributed by atoms with Gasteiger partial charge in [0.15, 0.2) is 5.65 Å². The van der Waals surface area contributed by atoms with Crippen LogP contribution in [0.1, 0.15) is 42.2 Å². The second kappa shape index (κ2) is 4.89. The van der Waals surface area contributed by atoms with Crippen LogP contribution in [0.25, 0.3) is 11.0 Å². The topological polar surface area (TPSA) is 51.0 Å². The molecule has 1 saturated heterocycles. The molecule has 1 atom stereocenters. The van der Waals surface area contributed by atoms with E-state index in [9.17, 15) is 4.79 Å². The molecule has 0 saturated carbocycles. The van der Waals surface area contributed by atoms with Gasteiger partial charge >= 0.3 is 0 Å². The van der Waals surface area contributed by atoms with E-state index in [2.05, 4.69) is 17.0 Å². The number of nitrogens with zero attached hydrogens (tertiary/aromatic N) is 4. The van der Waals surface area contributed by atoms with E-state index in [1.807, 2.05) is 24.9 Å². The van der Waals surface area contributed by atoms with E-state index < -0.39 is 0 Å². The van der Waals surface area contributed by atoms with Crippen LogP contribution in [-0.4, -0.2) is 38.2 Å². The molecular weight excluding hydrogens is 252 g/mol. The van der Waals surface area contributed by atoms with Crippen molar-refractivity contribution in [2.24, 2.45) is 7.05 Å². The summed E-state index contributed by atoms with van der Waals surface area (Å²) in [4.78, 5) is 19.0. The Morgan fingerprint density at radius 3 is 2.95 bits per heavy atom. The summed E-state index contributed by atoms with van der Waals surface area (Å²) in [5.41, 5.74) is 2.41. The van der Waals surface area contributed by atoms with Crippen molar-refractivity contribution in [1.29, 1.82) is 0 Å². The molecule has 3 rings (SSSR count). The number of hydrogen-bond donors (Lipinski definition) is 0. The SMILES string of the molecule is Cc1nn(C)c2ncc(C(=O)N3CCCCC3C)cc12. The van der Waals surface area contributed by atoms with Gasteiger partial charge in [-0.25, -0.2) is 4.98 Å². The average Bonchev–Trinajstić information content (AvgIpc) is 2.73. The number of hydrogen-bond acceptors (Lipinski definition) is 3. The van der Waals surface area contributed by atoms with Crippen molar-refractivity contribution in [3.63, 3.8) is 0 Å². The van der Waals surface area contributed by atoms with Crippen LogP contribution in [0.3, 0.4) is 0 Å². The van der Waals surface area contributed by atoms with Crippen molar-refractivity contribution >= 4 is 16.9 Å². The summed E-state index contributed by atoms with van der Waals surface area (Å²) in [5.74, 6) is 0.0925. The number of pyridine rings is 1. The number of piperidine rings is 1. The van der Waals surface area contributed by atoms with Gasteiger partial charge in [0, 0.05) is 31.2 Å². The maximum Gasteiger partial charge on any atom is 0.255 e. The first-order chi connectivity index (χ1) is 9.58. The highest BCUT2D eigenvalue weighted by Gasteiger charge is 2.24. The molecular formula is C15H20N4O. The number of amides is 1. The quantitative estimate of drug-likeness (QED) is 0.800. The van der Waals surface area contributed by atoms with E-state index in [0.29, 0.717) is 11.6 Å². The Bertz CT molecular complexity index is 661. The van der Waals surface area contributed by atoms with Gasteiger partial charge in [-0.3, -0.25) is 9.48 Å². The predicted octanol–water partition coefficient (Wildman–Crippen LogP) is 2.29. The van der Waals surface area contributed by atoms with Gasteiger partial charge in [-0.15, -0.1) is 0 Å². The lowest BCUT2D eigenvalue weighted by molar-refractivity contribution is 0.0635. The molecule has 0 aliphatic carbocycles. The summed E-state index contributed by atoms with van der Waals surface area (Å²) >= 11 is 0. The number of aryl methyl sites for hydroxylation is 2. The van der Waals surface area contributed by atoms with Crippen LogP contribution < -0.4 is 0 Å². The van der Waals surface area contributed by atoms with Gasteiger partial charge in [-0.2, -0.15) is 5.10 Å². The van der Waals surface area contributed by atoms with Crippen molar-refractivity contribution in [3.05, 3.63) is 23.5 Å². The van der Waals surface area contributed by atoms with E-state index in [1.165, 1.54) is 6.42 Å². The third-order valence-corrected chi connectivity index (χ3v) is 4.17. The highest BCUT2D eigenvalue weighted by molar-refractivity contribution is 5.97. The van der Waals surface area contributed by atoms with Crippen LogP contribution in [0.2, 0.25) is 0 Å². The van der Waals surface area contributed by atoms with Crippen LogP contribution in [-0.2, 0) is 7.05 Å². The van der Waals surface area contributed by atoms with Crippen molar-refractivity contribution in [3.8, 4) is 0 Å². The smallest absolute Gasteiger partial charge is 0.255 e. The summed E-state index contributed by atoms with van der Waals surface area (Å²) in [6, 6.07) is 2.25. The van der Waals surface area contributed by atoms with E-state index in [-0.39, 0.29) is 5.91 Å². The minimum Gasteiger partial charge on any atom is -0.336 e. The van der Waals surface area contributed by atoms with Crippen molar-refractivity contribution in [2.45, 2.75) is 39.2 Å². The molecule has 1 aliphatic heterocycles. The van der Waals surface area contributed by atoms with Gasteiger partial charge in [0.1, 0.15) is 0 Å². The van der Waals surface area contributed by atoms with Gasteiger partial charge in [-0.05, 0) is 39.2 Å². The maximum atomic E-state index is 12.6. The number of fused-ring (bicyclic) bond motifs is 1. The third kappa shape index (κ3) is 2.07. The molecule has 1 aliphatic rings. The Kier molecular flexibility index (Phi) is 3.20. The molecule has 5 heteroatoms. The second-order valence-electron chi connectivity index (χ2n) is 5.65. The fourth-order valence-corrected chi connectivity index (χ4v) is 2.99. The summed E-state index contributed by atoms with van der Waals surface area (Å²) in [6.07, 6.45) is 5.07. The minimum atomic E-state index is 0.0925. The highest BCUT2D eigenvalue weighted by atomic mass is 16.2. The summed E-state index contributed by atoms with van der Waals surface area (Å²) in [7, 11) is 1.87. The molecule has 106 valence electrons. The molecule has 0 radical (unpaired) electrons. The third-order valence-electron chi connectivity index (χ3n) is 4.17. The molecule has 1 fully saturated rings. The van der Waals surface area contributed by atoms with Crippen LogP contribution in [0, 0.1) is 6.92 Å². The Balaban J connectivity index is 1.97. The number of rotatable bonds is 1. The standard InChI is InChI=1S/C15H20N4O/c1-10-6-4-5-7-19(10)15(20)12-8-13-11(2)17-18(3)14(13)16-9-12/h8-10H,4-7H2,1-3H3. The van der Waals surface area contributed by atoms with Crippen LogP contribution in [0.15, 0.2) is 12.3 Å². The van der Waals surface area contributed by atoms with Gasteiger partial charge in [0.2, 0.25) is 0 Å². The zero-order valence-corrected chi connectivity index (χ0v) is 12.3. The Morgan fingerprint density at radius 1 is 1.40 bits per heavy atom. The molecule has 0 aromatic carbocycles. The summed E-state index contributed by atoms with van der Waals surface area (Å²) < 4.78 is 1.75. The fourth-order valence-electron chi connectivity index (χ4n) is 2.99. The monoisotopic (exact) mass is 272 g/mol. The summed E-state index contributed by atoms with van der Waals surface area (Å²) in [6.45, 7) is 4.92. The molecule has 0 N–H and O–H groups in total. The molecule has 3 heterocycles. The first-order valence-electron chi connectivity index (χ1n) is 7.18. The van der Waals surface area contributed by atoms with Crippen molar-refractivity contribution in [2.75, 3.05) is 6.54 Å². The Hall–Kier alpha value is -1.91. The van der Waals surface area contributed by atoms with Crippen LogP contribution in [0.5, 0.6) is 0 Å². The number of carbonyl (C=O) groups excluding carboxylic acids is 1. The van der Waals surface area contributed by atoms with E-state index in [4.69, 9.17) is 0 Å². The number of carbonyl (C=O) groups is 1. The molecule has 20 heavy (non-hydrogen) atoms. The molecule has 0 spiro atoms. The lowest BCUT2D eigenvalue weighted by atomic mass is 10.0. The lowest BCUT2D eigenvalue weighted by Crippen LogP contribution is -2.42. The van der Waals surface area contributed by atoms with E-state index in [0.717, 1.165) is 36.1 Å². The van der Waals surface area contributed by atoms with Gasteiger partial charge < -0.3 is 4.90 Å². The molecule has 2 aromatic heterocycles. The highest BCUT2D eigenvalue weighted by Crippen LogP contribution is 2.21. The van der Waals surface area contributed by atoms with E-state index in [1.54, 1.807) is 10.9 Å². The lowest BCUT2D eigenvalue weighted by Gasteiger charge is -2.33. The van der Waals surface area contributed by atoms with Gasteiger partial charge in [0.05, 0.1) is 11.3 Å². The first kappa shape index (κ1) is 13.1. The van der Waals surface area contributed by atoms with Crippen molar-refractivity contribution < 1.29 is 4.79 Å². The predicted molar refractivity (Wildman–Crippen MR) is 77.6 cm³/mol. The Labute approximate surface area is 118 Å². The molecule has 2 aromatic rings. The number of likely N-dealkylation sites (tertiary alicyclic amines) is 1. The van der Waals surface area contributed by atoms with E-state index >= 15 is 0 Å². The van der Waals surface area contributed by atoms with Gasteiger partial charge in [-0.1, -0.05) is 0 Å². The molecule has 0 bridgehead atoms. The minimum absolute atomic E-state index is 0.0925. The average molecular weight is 272 g/mol. The maximum absolute atomic E-state index is 12.6. The fraction of sp³-hybridized carbons (Fsp3) is 0.533. The van der Waals surface area contributed by atoms with Crippen LogP contribution >= 0.6 is 0 Å². The molecule has 1 amide bonds.